The Morgan fingerprint density at radius 2 is 1.14 bits per heavy atom. The van der Waals surface area contributed by atoms with Gasteiger partial charge in [0.1, 0.15) is 37.7 Å². The van der Waals surface area contributed by atoms with Crippen molar-refractivity contribution in [3.8, 4) is 22.6 Å². The van der Waals surface area contributed by atoms with E-state index in [0.717, 1.165) is 71.6 Å². The summed E-state index contributed by atoms with van der Waals surface area (Å²) in [6, 6.07) is 17.0. The van der Waals surface area contributed by atoms with Gasteiger partial charge in [0.05, 0.1) is 11.1 Å². The minimum Gasteiger partial charge on any atom is -0.456 e. The van der Waals surface area contributed by atoms with Crippen LogP contribution in [0.3, 0.4) is 0 Å². The van der Waals surface area contributed by atoms with Crippen molar-refractivity contribution in [2.75, 3.05) is 26.2 Å². The Morgan fingerprint density at radius 3 is 1.55 bits per heavy atom. The molecule has 29 heavy (non-hydrogen) atoms. The summed E-state index contributed by atoms with van der Waals surface area (Å²) < 4.78 is 6.45. The molecule has 2 aliphatic rings. The first-order chi connectivity index (χ1) is 14.2. The van der Waals surface area contributed by atoms with Crippen molar-refractivity contribution in [2.24, 2.45) is 0 Å². The molecule has 0 spiro atoms. The Kier molecular flexibility index (Phi) is 4.43. The van der Waals surface area contributed by atoms with Crippen LogP contribution in [0, 0.1) is 13.8 Å². The molecule has 0 fully saturated rings. The van der Waals surface area contributed by atoms with Gasteiger partial charge in [0, 0.05) is 11.1 Å². The molecule has 3 heterocycles. The first-order valence-electron chi connectivity index (χ1n) is 10.2. The highest BCUT2D eigenvalue weighted by atomic mass is 16.3. The van der Waals surface area contributed by atoms with E-state index < -0.39 is 0 Å². The minimum atomic E-state index is 0.938. The Morgan fingerprint density at radius 1 is 0.690 bits per heavy atom. The van der Waals surface area contributed by atoms with Crippen LogP contribution in [0.2, 0.25) is 0 Å². The Labute approximate surface area is 170 Å². The van der Waals surface area contributed by atoms with Crippen molar-refractivity contribution in [1.82, 2.24) is 10.6 Å². The zero-order valence-electron chi connectivity index (χ0n) is 16.9. The molecule has 5 heteroatoms. The maximum absolute atomic E-state index is 6.45. The highest BCUT2D eigenvalue weighted by Crippen LogP contribution is 2.36. The summed E-state index contributed by atoms with van der Waals surface area (Å²) in [5.74, 6) is 4.06. The molecule has 1 aromatic heterocycles. The molecular weight excluding hydrogens is 360 g/mol. The number of benzene rings is 2. The van der Waals surface area contributed by atoms with Crippen molar-refractivity contribution in [1.29, 1.82) is 0 Å². The van der Waals surface area contributed by atoms with Gasteiger partial charge in [-0.25, -0.2) is 0 Å². The zero-order chi connectivity index (χ0) is 19.8. The normalized spacial score (nSPS) is 15.7. The molecule has 3 aromatic rings. The molecule has 0 radical (unpaired) electrons. The first-order valence-corrected chi connectivity index (χ1v) is 10.2. The van der Waals surface area contributed by atoms with Crippen LogP contribution in [0.1, 0.15) is 22.3 Å². The van der Waals surface area contributed by atoms with Crippen LogP contribution in [0.25, 0.3) is 22.6 Å². The molecule has 0 saturated heterocycles. The third kappa shape index (κ3) is 3.23. The zero-order valence-corrected chi connectivity index (χ0v) is 16.9. The van der Waals surface area contributed by atoms with Gasteiger partial charge in [-0.3, -0.25) is 20.6 Å². The Hall–Kier alpha value is -3.34. The molecular formula is C24H26N4O+2. The van der Waals surface area contributed by atoms with E-state index in [2.05, 4.69) is 83.0 Å². The lowest BCUT2D eigenvalue weighted by Gasteiger charge is -2.03. The van der Waals surface area contributed by atoms with Gasteiger partial charge < -0.3 is 4.42 Å². The van der Waals surface area contributed by atoms with Crippen LogP contribution in [-0.4, -0.2) is 37.9 Å². The Bertz CT molecular complexity index is 1050. The lowest BCUT2D eigenvalue weighted by atomic mass is 10.0. The molecule has 5 nitrogen and oxygen atoms in total. The lowest BCUT2D eigenvalue weighted by Crippen LogP contribution is -2.70. The van der Waals surface area contributed by atoms with E-state index in [4.69, 9.17) is 4.42 Å². The molecule has 0 bridgehead atoms. The second-order valence-corrected chi connectivity index (χ2v) is 7.63. The standard InChI is InChI=1S/C24H24N4O/c1-15-16(2)22(18-6-4-8-20(14-18)24-27-11-12-28-24)29-21(15)17-5-3-7-19(13-17)23-25-9-10-26-23/h3-8,13-14H,9-12H2,1-2H3,(H,25,26)(H,27,28)/p+2. The highest BCUT2D eigenvalue weighted by Gasteiger charge is 2.21. The van der Waals surface area contributed by atoms with Gasteiger partial charge in [0.25, 0.3) is 11.7 Å². The number of rotatable bonds is 4. The van der Waals surface area contributed by atoms with Crippen LogP contribution in [0.4, 0.5) is 0 Å². The lowest BCUT2D eigenvalue weighted by molar-refractivity contribution is -0.444. The van der Waals surface area contributed by atoms with Crippen LogP contribution >= 0.6 is 0 Å². The van der Waals surface area contributed by atoms with Crippen molar-refractivity contribution in [3.63, 3.8) is 0 Å². The van der Waals surface area contributed by atoms with Gasteiger partial charge in [-0.1, -0.05) is 24.3 Å². The largest absolute Gasteiger partial charge is 0.456 e. The number of nitrogens with one attached hydrogen (secondary N) is 4. The summed E-state index contributed by atoms with van der Waals surface area (Å²) in [6.45, 7) is 8.12. The number of hydrogen-bond acceptors (Lipinski definition) is 3. The molecule has 4 N–H and O–H groups in total. The van der Waals surface area contributed by atoms with Crippen LogP contribution in [0.15, 0.2) is 52.9 Å². The van der Waals surface area contributed by atoms with Gasteiger partial charge in [0.2, 0.25) is 0 Å². The molecule has 2 aromatic carbocycles. The average Bonchev–Trinajstić information content (AvgIpc) is 3.52. The summed E-state index contributed by atoms with van der Waals surface area (Å²) in [5.41, 5.74) is 6.89. The van der Waals surface area contributed by atoms with Crippen LogP contribution < -0.4 is 20.6 Å². The van der Waals surface area contributed by atoms with Gasteiger partial charge >= 0.3 is 0 Å². The quantitative estimate of drug-likeness (QED) is 0.514. The number of amidine groups is 2. The summed E-state index contributed by atoms with van der Waals surface area (Å²) in [6.07, 6.45) is 0. The Balaban J connectivity index is 1.54. The van der Waals surface area contributed by atoms with E-state index in [1.165, 1.54) is 11.1 Å². The molecule has 0 aliphatic carbocycles. The van der Waals surface area contributed by atoms with Gasteiger partial charge in [-0.2, -0.15) is 0 Å². The van der Waals surface area contributed by atoms with Crippen LogP contribution in [0.5, 0.6) is 0 Å². The van der Waals surface area contributed by atoms with Gasteiger partial charge in [-0.15, -0.1) is 0 Å². The molecule has 5 rings (SSSR count). The van der Waals surface area contributed by atoms with E-state index >= 15 is 0 Å². The molecule has 0 atom stereocenters. The maximum Gasteiger partial charge on any atom is 0.275 e. The topological polar surface area (TPSA) is 65.1 Å². The van der Waals surface area contributed by atoms with E-state index in [1.807, 2.05) is 0 Å². The molecule has 146 valence electrons. The molecule has 0 unspecified atom stereocenters. The molecule has 2 aliphatic heterocycles. The van der Waals surface area contributed by atoms with Crippen molar-refractivity contribution < 1.29 is 14.4 Å². The van der Waals surface area contributed by atoms with E-state index in [1.54, 1.807) is 0 Å². The van der Waals surface area contributed by atoms with Crippen molar-refractivity contribution >= 4 is 11.7 Å². The third-order valence-electron chi connectivity index (χ3n) is 5.73. The third-order valence-corrected chi connectivity index (χ3v) is 5.73. The maximum atomic E-state index is 6.45. The molecule has 0 amide bonds. The van der Waals surface area contributed by atoms with Crippen molar-refractivity contribution in [2.45, 2.75) is 13.8 Å². The predicted molar refractivity (Wildman–Crippen MR) is 115 cm³/mol. The van der Waals surface area contributed by atoms with Gasteiger partial charge in [0.15, 0.2) is 0 Å². The average molecular weight is 386 g/mol. The monoisotopic (exact) mass is 386 g/mol. The first kappa shape index (κ1) is 17.7. The second kappa shape index (κ2) is 7.24. The summed E-state index contributed by atoms with van der Waals surface area (Å²) >= 11 is 0. The fraction of sp³-hybridized carbons (Fsp3) is 0.250. The second-order valence-electron chi connectivity index (χ2n) is 7.63. The number of hydrogen-bond donors (Lipinski definition) is 4. The SMILES string of the molecule is Cc1c(-c2cccc(C3=[NH+]CCN3)c2)oc(-c2cccc(C3=[NH+]CCN3)c2)c1C. The molecule has 0 saturated carbocycles. The fourth-order valence-electron chi connectivity index (χ4n) is 4.06. The van der Waals surface area contributed by atoms with E-state index in [-0.39, 0.29) is 0 Å². The summed E-state index contributed by atoms with van der Waals surface area (Å²) in [4.78, 5) is 6.80. The van der Waals surface area contributed by atoms with Gasteiger partial charge in [-0.05, 0) is 49.2 Å². The minimum absolute atomic E-state index is 0.938. The van der Waals surface area contributed by atoms with Crippen molar-refractivity contribution in [3.05, 3.63) is 70.8 Å². The summed E-state index contributed by atoms with van der Waals surface area (Å²) in [7, 11) is 0. The fourth-order valence-corrected chi connectivity index (χ4v) is 4.06. The summed E-state index contributed by atoms with van der Waals surface area (Å²) in [5, 5.41) is 6.80. The number of furan rings is 1. The van der Waals surface area contributed by atoms with Crippen LogP contribution in [-0.2, 0) is 0 Å². The predicted octanol–water partition coefficient (Wildman–Crippen LogP) is 0.0912. The smallest absolute Gasteiger partial charge is 0.275 e. The van der Waals surface area contributed by atoms with E-state index in [0.29, 0.717) is 0 Å². The van der Waals surface area contributed by atoms with E-state index in [9.17, 15) is 0 Å². The highest BCUT2D eigenvalue weighted by molar-refractivity contribution is 5.97.